The van der Waals surface area contributed by atoms with Gasteiger partial charge in [-0.1, -0.05) is 12.1 Å². The molecule has 0 aliphatic rings. The first-order chi connectivity index (χ1) is 9.16. The first-order valence-corrected chi connectivity index (χ1v) is 6.32. The van der Waals surface area contributed by atoms with E-state index in [9.17, 15) is 4.79 Å². The molecule has 0 spiro atoms. The van der Waals surface area contributed by atoms with Gasteiger partial charge in [0.1, 0.15) is 5.58 Å². The van der Waals surface area contributed by atoms with Crippen LogP contribution < -0.4 is 10.5 Å². The molecule has 3 aromatic rings. The van der Waals surface area contributed by atoms with Crippen molar-refractivity contribution in [3.05, 3.63) is 41.0 Å². The third-order valence-electron chi connectivity index (χ3n) is 3.23. The van der Waals surface area contributed by atoms with Crippen LogP contribution in [-0.2, 0) is 6.54 Å². The summed E-state index contributed by atoms with van der Waals surface area (Å²) in [6.07, 6.45) is 1.72. The van der Waals surface area contributed by atoms with Crippen molar-refractivity contribution in [3.63, 3.8) is 0 Å². The molecule has 2 aromatic heterocycles. The number of nitrogens with one attached hydrogen (secondary N) is 1. The van der Waals surface area contributed by atoms with Crippen molar-refractivity contribution in [2.45, 2.75) is 6.54 Å². The topological polar surface area (TPSA) is 52.5 Å². The lowest BCUT2D eigenvalue weighted by Crippen LogP contribution is -3.06. The third kappa shape index (κ3) is 2.02. The maximum absolute atomic E-state index is 11.9. The monoisotopic (exact) mass is 258 g/mol. The van der Waals surface area contributed by atoms with Crippen LogP contribution >= 0.6 is 0 Å². The van der Waals surface area contributed by atoms with Crippen molar-refractivity contribution >= 4 is 22.0 Å². The summed E-state index contributed by atoms with van der Waals surface area (Å²) in [6, 6.07) is 7.57. The van der Waals surface area contributed by atoms with Crippen molar-refractivity contribution in [3.8, 4) is 0 Å². The SMILES string of the molecule is C[NH+](C)CCn1cnc2c(=O)oc3ccccc3c21. The quantitative estimate of drug-likeness (QED) is 0.687. The van der Waals surface area contributed by atoms with Crippen LogP contribution in [0.5, 0.6) is 0 Å². The van der Waals surface area contributed by atoms with Crippen LogP contribution in [0.1, 0.15) is 0 Å². The van der Waals surface area contributed by atoms with Crippen LogP contribution in [0.4, 0.5) is 0 Å². The molecule has 2 heterocycles. The summed E-state index contributed by atoms with van der Waals surface area (Å²) in [5.74, 6) is 0. The lowest BCUT2D eigenvalue weighted by Gasteiger charge is -2.09. The zero-order chi connectivity index (χ0) is 13.4. The second kappa shape index (κ2) is 4.51. The highest BCUT2D eigenvalue weighted by atomic mass is 16.4. The Morgan fingerprint density at radius 3 is 2.89 bits per heavy atom. The Hall–Kier alpha value is -2.14. The van der Waals surface area contributed by atoms with Gasteiger partial charge in [0.2, 0.25) is 0 Å². The van der Waals surface area contributed by atoms with Crippen LogP contribution in [0.3, 0.4) is 0 Å². The van der Waals surface area contributed by atoms with Crippen molar-refractivity contribution in [1.29, 1.82) is 0 Å². The van der Waals surface area contributed by atoms with Crippen LogP contribution in [0.2, 0.25) is 0 Å². The zero-order valence-corrected chi connectivity index (χ0v) is 11.0. The lowest BCUT2D eigenvalue weighted by atomic mass is 10.2. The largest absolute Gasteiger partial charge is 0.421 e. The van der Waals surface area contributed by atoms with Crippen LogP contribution in [0, 0.1) is 0 Å². The molecule has 5 heteroatoms. The minimum absolute atomic E-state index is 0.371. The van der Waals surface area contributed by atoms with Crippen LogP contribution in [0.15, 0.2) is 39.8 Å². The van der Waals surface area contributed by atoms with Crippen molar-refractivity contribution in [2.75, 3.05) is 20.6 Å². The van der Waals surface area contributed by atoms with E-state index in [-0.39, 0.29) is 5.63 Å². The van der Waals surface area contributed by atoms with Gasteiger partial charge >= 0.3 is 5.63 Å². The summed E-state index contributed by atoms with van der Waals surface area (Å²) in [6.45, 7) is 1.80. The number of quaternary nitrogens is 1. The summed E-state index contributed by atoms with van der Waals surface area (Å²) >= 11 is 0. The molecule has 0 aliphatic heterocycles. The fourth-order valence-electron chi connectivity index (χ4n) is 2.23. The van der Waals surface area contributed by atoms with Gasteiger partial charge in [-0.25, -0.2) is 9.78 Å². The summed E-state index contributed by atoms with van der Waals surface area (Å²) < 4.78 is 7.31. The normalized spacial score (nSPS) is 11.7. The van der Waals surface area contributed by atoms with Gasteiger partial charge in [-0.3, -0.25) is 0 Å². The maximum Gasteiger partial charge on any atom is 0.364 e. The van der Waals surface area contributed by atoms with Crippen LogP contribution in [-0.4, -0.2) is 30.2 Å². The Labute approximate surface area is 110 Å². The molecular weight excluding hydrogens is 242 g/mol. The van der Waals surface area contributed by atoms with Gasteiger partial charge < -0.3 is 13.9 Å². The maximum atomic E-state index is 11.9. The third-order valence-corrected chi connectivity index (χ3v) is 3.23. The predicted octanol–water partition coefficient (Wildman–Crippen LogP) is 0.287. The first-order valence-electron chi connectivity index (χ1n) is 6.32. The van der Waals surface area contributed by atoms with Crippen molar-refractivity contribution in [1.82, 2.24) is 9.55 Å². The van der Waals surface area contributed by atoms with E-state index in [4.69, 9.17) is 4.42 Å². The Morgan fingerprint density at radius 1 is 1.32 bits per heavy atom. The van der Waals surface area contributed by atoms with Crippen molar-refractivity contribution in [2.24, 2.45) is 0 Å². The summed E-state index contributed by atoms with van der Waals surface area (Å²) in [5, 5.41) is 0.934. The van der Waals surface area contributed by atoms with Crippen molar-refractivity contribution < 1.29 is 9.32 Å². The number of hydrogen-bond acceptors (Lipinski definition) is 3. The molecule has 3 rings (SSSR count). The van der Waals surface area contributed by atoms with Gasteiger partial charge in [0.05, 0.1) is 39.0 Å². The standard InChI is InChI=1S/C14H15N3O2/c1-16(2)7-8-17-9-15-12-13(17)10-5-3-4-6-11(10)19-14(12)18/h3-6,9H,7-8H2,1-2H3/p+1. The summed E-state index contributed by atoms with van der Waals surface area (Å²) in [7, 11) is 4.21. The number of hydrogen-bond donors (Lipinski definition) is 1. The first kappa shape index (κ1) is 11.9. The molecule has 0 atom stereocenters. The molecule has 0 bridgehead atoms. The second-order valence-corrected chi connectivity index (χ2v) is 4.98. The number of fused-ring (bicyclic) bond motifs is 3. The fourth-order valence-corrected chi connectivity index (χ4v) is 2.23. The predicted molar refractivity (Wildman–Crippen MR) is 73.5 cm³/mol. The van der Waals surface area contributed by atoms with Gasteiger partial charge in [0, 0.05) is 5.39 Å². The van der Waals surface area contributed by atoms with Gasteiger partial charge in [-0.2, -0.15) is 0 Å². The van der Waals surface area contributed by atoms with Gasteiger partial charge in [0.15, 0.2) is 5.52 Å². The number of para-hydroxylation sites is 1. The average molecular weight is 258 g/mol. The molecule has 19 heavy (non-hydrogen) atoms. The number of imidazole rings is 1. The molecule has 0 aliphatic carbocycles. The molecular formula is C14H16N3O2+. The molecule has 0 amide bonds. The highest BCUT2D eigenvalue weighted by Gasteiger charge is 2.13. The second-order valence-electron chi connectivity index (χ2n) is 4.98. The zero-order valence-electron chi connectivity index (χ0n) is 11.0. The molecule has 0 saturated carbocycles. The minimum atomic E-state index is -0.371. The molecule has 0 radical (unpaired) electrons. The molecule has 1 aromatic carbocycles. The molecule has 98 valence electrons. The van der Waals surface area contributed by atoms with E-state index in [1.165, 1.54) is 4.90 Å². The number of likely N-dealkylation sites (N-methyl/N-ethyl adjacent to an activating group) is 1. The Balaban J connectivity index is 2.27. The van der Waals surface area contributed by atoms with Gasteiger partial charge in [-0.15, -0.1) is 0 Å². The van der Waals surface area contributed by atoms with E-state index in [2.05, 4.69) is 19.1 Å². The van der Waals surface area contributed by atoms with Gasteiger partial charge in [0.25, 0.3) is 0 Å². The summed E-state index contributed by atoms with van der Waals surface area (Å²) in [5.41, 5.74) is 1.52. The molecule has 0 fully saturated rings. The van der Waals surface area contributed by atoms with E-state index in [1.54, 1.807) is 6.33 Å². The molecule has 0 unspecified atom stereocenters. The number of nitrogens with zero attached hydrogens (tertiary/aromatic N) is 2. The van der Waals surface area contributed by atoms with E-state index >= 15 is 0 Å². The summed E-state index contributed by atoms with van der Waals surface area (Å²) in [4.78, 5) is 17.4. The van der Waals surface area contributed by atoms with E-state index in [0.29, 0.717) is 11.1 Å². The van der Waals surface area contributed by atoms with E-state index in [0.717, 1.165) is 24.0 Å². The number of aromatic nitrogens is 2. The number of rotatable bonds is 3. The fraction of sp³-hybridized carbons (Fsp3) is 0.286. The highest BCUT2D eigenvalue weighted by molar-refractivity contribution is 6.00. The molecule has 0 saturated heterocycles. The molecule has 5 nitrogen and oxygen atoms in total. The minimum Gasteiger partial charge on any atom is -0.421 e. The van der Waals surface area contributed by atoms with Crippen LogP contribution in [0.25, 0.3) is 22.0 Å². The Morgan fingerprint density at radius 2 is 2.11 bits per heavy atom. The lowest BCUT2D eigenvalue weighted by molar-refractivity contribution is -0.858. The van der Waals surface area contributed by atoms with E-state index in [1.807, 2.05) is 28.8 Å². The average Bonchev–Trinajstić information content (AvgIpc) is 2.81. The highest BCUT2D eigenvalue weighted by Crippen LogP contribution is 2.21. The Kier molecular flexibility index (Phi) is 2.83. The Bertz CT molecular complexity index is 786. The van der Waals surface area contributed by atoms with Gasteiger partial charge in [-0.05, 0) is 12.1 Å². The molecule has 1 N–H and O–H groups in total. The number of benzene rings is 1. The smallest absolute Gasteiger partial charge is 0.364 e. The van der Waals surface area contributed by atoms with E-state index < -0.39 is 0 Å².